The van der Waals surface area contributed by atoms with Gasteiger partial charge in [0, 0.05) is 11.1 Å². The second-order valence-electron chi connectivity index (χ2n) is 2.83. The maximum atomic E-state index is 10.5. The Labute approximate surface area is 84.1 Å². The fourth-order valence-corrected chi connectivity index (χ4v) is 1.44. The van der Waals surface area contributed by atoms with E-state index in [1.807, 2.05) is 0 Å². The zero-order chi connectivity index (χ0) is 10.1. The van der Waals surface area contributed by atoms with E-state index in [1.165, 1.54) is 6.39 Å². The molecule has 1 aromatic heterocycles. The summed E-state index contributed by atoms with van der Waals surface area (Å²) in [5.41, 5.74) is 1.72. The van der Waals surface area contributed by atoms with E-state index >= 15 is 0 Å². The van der Waals surface area contributed by atoms with Gasteiger partial charge in [-0.1, -0.05) is 11.6 Å². The molecule has 1 N–H and O–H groups in total. The first kappa shape index (κ1) is 9.02. The third kappa shape index (κ3) is 1.56. The van der Waals surface area contributed by atoms with Gasteiger partial charge >= 0.3 is 5.97 Å². The standard InChI is InChI=1S/C9H6ClNO3/c10-6-3-8-7(11-4-14-8)1-5(6)2-9(12)13/h1,3-4H,2H2,(H,12,13). The molecule has 2 rings (SSSR count). The predicted octanol–water partition coefficient (Wildman–Crippen LogP) is 2.11. The molecule has 0 spiro atoms. The molecule has 0 saturated heterocycles. The van der Waals surface area contributed by atoms with Crippen molar-refractivity contribution in [2.24, 2.45) is 0 Å². The van der Waals surface area contributed by atoms with E-state index in [4.69, 9.17) is 21.1 Å². The van der Waals surface area contributed by atoms with Crippen LogP contribution in [0.4, 0.5) is 0 Å². The Morgan fingerprint density at radius 3 is 3.07 bits per heavy atom. The van der Waals surface area contributed by atoms with Gasteiger partial charge in [-0.25, -0.2) is 4.98 Å². The third-order valence-electron chi connectivity index (χ3n) is 1.84. The van der Waals surface area contributed by atoms with Crippen molar-refractivity contribution in [1.29, 1.82) is 0 Å². The lowest BCUT2D eigenvalue weighted by Gasteiger charge is -1.99. The number of oxazole rings is 1. The summed E-state index contributed by atoms with van der Waals surface area (Å²) in [6, 6.07) is 3.19. The Hall–Kier alpha value is -1.55. The molecule has 0 unspecified atom stereocenters. The van der Waals surface area contributed by atoms with E-state index in [1.54, 1.807) is 12.1 Å². The normalized spacial score (nSPS) is 10.6. The van der Waals surface area contributed by atoms with E-state index in [2.05, 4.69) is 4.98 Å². The number of carbonyl (C=O) groups is 1. The first-order valence-corrected chi connectivity index (χ1v) is 4.28. The van der Waals surface area contributed by atoms with Crippen LogP contribution in [0.25, 0.3) is 11.1 Å². The number of aliphatic carboxylic acids is 1. The van der Waals surface area contributed by atoms with Crippen molar-refractivity contribution in [2.45, 2.75) is 6.42 Å². The first-order chi connectivity index (χ1) is 6.66. The lowest BCUT2D eigenvalue weighted by atomic mass is 10.1. The van der Waals surface area contributed by atoms with Crippen LogP contribution in [0.5, 0.6) is 0 Å². The summed E-state index contributed by atoms with van der Waals surface area (Å²) in [5.74, 6) is -0.922. The Kier molecular flexibility index (Phi) is 2.13. The fraction of sp³-hybridized carbons (Fsp3) is 0.111. The average molecular weight is 212 g/mol. The average Bonchev–Trinajstić information content (AvgIpc) is 2.51. The van der Waals surface area contributed by atoms with Crippen LogP contribution in [0.3, 0.4) is 0 Å². The molecule has 0 atom stereocenters. The molecule has 0 amide bonds. The molecule has 4 nitrogen and oxygen atoms in total. The number of carboxylic acid groups (broad SMARTS) is 1. The summed E-state index contributed by atoms with van der Waals surface area (Å²) in [6.07, 6.45) is 1.19. The molecule has 5 heteroatoms. The maximum absolute atomic E-state index is 10.5. The highest BCUT2D eigenvalue weighted by Crippen LogP contribution is 2.23. The number of fused-ring (bicyclic) bond motifs is 1. The van der Waals surface area contributed by atoms with Gasteiger partial charge in [-0.15, -0.1) is 0 Å². The van der Waals surface area contributed by atoms with Crippen molar-refractivity contribution in [3.63, 3.8) is 0 Å². The van der Waals surface area contributed by atoms with Gasteiger partial charge < -0.3 is 9.52 Å². The molecule has 0 radical (unpaired) electrons. The van der Waals surface area contributed by atoms with Crippen LogP contribution in [-0.4, -0.2) is 16.1 Å². The van der Waals surface area contributed by atoms with Crippen LogP contribution in [0, 0.1) is 0 Å². The molecule has 14 heavy (non-hydrogen) atoms. The van der Waals surface area contributed by atoms with Crippen molar-refractivity contribution in [1.82, 2.24) is 4.98 Å². The summed E-state index contributed by atoms with van der Waals surface area (Å²) in [7, 11) is 0. The van der Waals surface area contributed by atoms with Gasteiger partial charge in [0.1, 0.15) is 5.52 Å². The highest BCUT2D eigenvalue weighted by atomic mass is 35.5. The monoisotopic (exact) mass is 211 g/mol. The Bertz CT molecular complexity index is 492. The summed E-state index contributed by atoms with van der Waals surface area (Å²) in [5, 5.41) is 9.00. The molecule has 0 bridgehead atoms. The number of halogens is 1. The lowest BCUT2D eigenvalue weighted by Crippen LogP contribution is -2.00. The smallest absolute Gasteiger partial charge is 0.307 e. The molecule has 72 valence electrons. The highest BCUT2D eigenvalue weighted by Gasteiger charge is 2.09. The van der Waals surface area contributed by atoms with Crippen molar-refractivity contribution in [3.05, 3.63) is 29.1 Å². The van der Waals surface area contributed by atoms with E-state index in [0.717, 1.165) is 0 Å². The van der Waals surface area contributed by atoms with Gasteiger partial charge in [-0.05, 0) is 11.6 Å². The molecule has 0 saturated carbocycles. The molecular weight excluding hydrogens is 206 g/mol. The van der Waals surface area contributed by atoms with Crippen molar-refractivity contribution >= 4 is 28.7 Å². The van der Waals surface area contributed by atoms with Crippen LogP contribution >= 0.6 is 11.6 Å². The number of hydrogen-bond acceptors (Lipinski definition) is 3. The number of aromatic nitrogens is 1. The van der Waals surface area contributed by atoms with Crippen LogP contribution in [0.2, 0.25) is 5.02 Å². The van der Waals surface area contributed by atoms with Gasteiger partial charge in [0.05, 0.1) is 6.42 Å². The lowest BCUT2D eigenvalue weighted by molar-refractivity contribution is -0.136. The molecule has 1 heterocycles. The number of hydrogen-bond donors (Lipinski definition) is 1. The van der Waals surface area contributed by atoms with Crippen molar-refractivity contribution in [3.8, 4) is 0 Å². The molecule has 0 aliphatic heterocycles. The highest BCUT2D eigenvalue weighted by molar-refractivity contribution is 6.32. The topological polar surface area (TPSA) is 63.3 Å². The van der Waals surface area contributed by atoms with Crippen molar-refractivity contribution in [2.75, 3.05) is 0 Å². The van der Waals surface area contributed by atoms with Crippen molar-refractivity contribution < 1.29 is 14.3 Å². The second-order valence-corrected chi connectivity index (χ2v) is 3.24. The van der Waals surface area contributed by atoms with Gasteiger partial charge in [0.2, 0.25) is 0 Å². The van der Waals surface area contributed by atoms with Gasteiger partial charge in [-0.2, -0.15) is 0 Å². The summed E-state index contributed by atoms with van der Waals surface area (Å²) >= 11 is 5.85. The number of rotatable bonds is 2. The quantitative estimate of drug-likeness (QED) is 0.826. The summed E-state index contributed by atoms with van der Waals surface area (Å²) < 4.78 is 5.02. The SMILES string of the molecule is O=C(O)Cc1cc2ncoc2cc1Cl. The van der Waals surface area contributed by atoms with Gasteiger partial charge in [-0.3, -0.25) is 4.79 Å². The van der Waals surface area contributed by atoms with Crippen LogP contribution in [-0.2, 0) is 11.2 Å². The molecule has 2 aromatic rings. The van der Waals surface area contributed by atoms with Crippen LogP contribution in [0.15, 0.2) is 22.9 Å². The minimum atomic E-state index is -0.922. The second kappa shape index (κ2) is 3.31. The van der Waals surface area contributed by atoms with E-state index in [-0.39, 0.29) is 6.42 Å². The number of carboxylic acids is 1. The fourth-order valence-electron chi connectivity index (χ4n) is 1.22. The molecule has 0 aliphatic carbocycles. The predicted molar refractivity (Wildman–Crippen MR) is 50.4 cm³/mol. The number of nitrogens with zero attached hydrogens (tertiary/aromatic N) is 1. The van der Waals surface area contributed by atoms with E-state index in [9.17, 15) is 4.79 Å². The van der Waals surface area contributed by atoms with Crippen LogP contribution < -0.4 is 0 Å². The zero-order valence-electron chi connectivity index (χ0n) is 7.03. The molecular formula is C9H6ClNO3. The molecule has 0 aliphatic rings. The van der Waals surface area contributed by atoms with Crippen LogP contribution in [0.1, 0.15) is 5.56 Å². The molecule has 1 aromatic carbocycles. The maximum Gasteiger partial charge on any atom is 0.307 e. The Morgan fingerprint density at radius 2 is 2.36 bits per heavy atom. The summed E-state index contributed by atoms with van der Waals surface area (Å²) in [4.78, 5) is 14.4. The largest absolute Gasteiger partial charge is 0.481 e. The van der Waals surface area contributed by atoms with E-state index in [0.29, 0.717) is 21.7 Å². The third-order valence-corrected chi connectivity index (χ3v) is 2.19. The summed E-state index contributed by atoms with van der Waals surface area (Å²) in [6.45, 7) is 0. The zero-order valence-corrected chi connectivity index (χ0v) is 7.78. The minimum absolute atomic E-state index is 0.109. The first-order valence-electron chi connectivity index (χ1n) is 3.90. The van der Waals surface area contributed by atoms with Gasteiger partial charge in [0.25, 0.3) is 0 Å². The van der Waals surface area contributed by atoms with Gasteiger partial charge in [0.15, 0.2) is 12.0 Å². The minimum Gasteiger partial charge on any atom is -0.481 e. The molecule has 0 fully saturated rings. The Morgan fingerprint density at radius 1 is 1.57 bits per heavy atom. The Balaban J connectivity index is 2.53. The number of benzene rings is 1. The van der Waals surface area contributed by atoms with E-state index < -0.39 is 5.97 Å².